The Morgan fingerprint density at radius 3 is 2.50 bits per heavy atom. The molecule has 106 valence electrons. The molecule has 2 aromatic carbocycles. The van der Waals surface area contributed by atoms with E-state index in [1.807, 2.05) is 0 Å². The highest BCUT2D eigenvalue weighted by Gasteiger charge is 2.22. The summed E-state index contributed by atoms with van der Waals surface area (Å²) in [5.41, 5.74) is 0.0767. The van der Waals surface area contributed by atoms with E-state index in [4.69, 9.17) is 11.6 Å². The molecule has 0 aromatic heterocycles. The number of halogens is 4. The third kappa shape index (κ3) is 2.80. The van der Waals surface area contributed by atoms with E-state index in [1.54, 1.807) is 18.2 Å². The lowest BCUT2D eigenvalue weighted by molar-refractivity contribution is 0.212. The first-order chi connectivity index (χ1) is 9.45. The first kappa shape index (κ1) is 15.2. The maximum atomic E-state index is 13.9. The molecule has 1 unspecified atom stereocenters. The molecule has 0 aliphatic carbocycles. The Kier molecular flexibility index (Phi) is 4.62. The van der Waals surface area contributed by atoms with Crippen LogP contribution >= 0.6 is 27.5 Å². The summed E-state index contributed by atoms with van der Waals surface area (Å²) in [4.78, 5) is 0. The summed E-state index contributed by atoms with van der Waals surface area (Å²) in [5.74, 6) is -2.53. The summed E-state index contributed by atoms with van der Waals surface area (Å²) in [6.07, 6.45) is -1.37. The minimum Gasteiger partial charge on any atom is -0.494 e. The van der Waals surface area contributed by atoms with Crippen LogP contribution in [0.1, 0.15) is 17.2 Å². The Labute approximate surface area is 128 Å². The predicted molar refractivity (Wildman–Crippen MR) is 76.1 cm³/mol. The first-order valence-electron chi connectivity index (χ1n) is 5.60. The number of hydrogen-bond donors (Lipinski definition) is 1. The number of rotatable bonds is 3. The standard InChI is InChI=1S/C14H10BrClF2O2/c1-20-11-5-3-8(12(17)13(11)18)14(19)9-6-7(15)2-4-10(9)16/h2-6,14,19H,1H3. The SMILES string of the molecule is COc1ccc(C(O)c2cc(Br)ccc2Cl)c(F)c1F. The third-order valence-electron chi connectivity index (χ3n) is 2.84. The highest BCUT2D eigenvalue weighted by molar-refractivity contribution is 9.10. The summed E-state index contributed by atoms with van der Waals surface area (Å²) < 4.78 is 33.0. The molecular weight excluding hydrogens is 354 g/mol. The van der Waals surface area contributed by atoms with Crippen molar-refractivity contribution in [3.63, 3.8) is 0 Å². The van der Waals surface area contributed by atoms with Crippen LogP contribution in [0.25, 0.3) is 0 Å². The lowest BCUT2D eigenvalue weighted by Gasteiger charge is -2.15. The fourth-order valence-corrected chi connectivity index (χ4v) is 2.41. The van der Waals surface area contributed by atoms with Crippen LogP contribution in [0.2, 0.25) is 5.02 Å². The van der Waals surface area contributed by atoms with Crippen LogP contribution in [0, 0.1) is 11.6 Å². The summed E-state index contributed by atoms with van der Waals surface area (Å²) in [5, 5.41) is 10.5. The van der Waals surface area contributed by atoms with Gasteiger partial charge < -0.3 is 9.84 Å². The second kappa shape index (κ2) is 6.08. The van der Waals surface area contributed by atoms with Crippen LogP contribution < -0.4 is 4.74 Å². The molecular formula is C14H10BrClF2O2. The summed E-state index contributed by atoms with van der Waals surface area (Å²) in [7, 11) is 1.24. The van der Waals surface area contributed by atoms with Crippen LogP contribution in [0.3, 0.4) is 0 Å². The van der Waals surface area contributed by atoms with Crippen molar-refractivity contribution in [3.05, 3.63) is 62.6 Å². The first-order valence-corrected chi connectivity index (χ1v) is 6.77. The molecule has 2 nitrogen and oxygen atoms in total. The molecule has 0 saturated carbocycles. The lowest BCUT2D eigenvalue weighted by atomic mass is 10.0. The minimum absolute atomic E-state index is 0.205. The molecule has 0 spiro atoms. The van der Waals surface area contributed by atoms with Crippen LogP contribution in [0.4, 0.5) is 8.78 Å². The van der Waals surface area contributed by atoms with Crippen LogP contribution in [0.5, 0.6) is 5.75 Å². The summed E-state index contributed by atoms with van der Waals surface area (Å²) in [6, 6.07) is 7.31. The molecule has 1 atom stereocenters. The number of benzene rings is 2. The van der Waals surface area contributed by atoms with Gasteiger partial charge in [0.25, 0.3) is 0 Å². The maximum absolute atomic E-state index is 13.9. The Bertz CT molecular complexity index is 649. The number of methoxy groups -OCH3 is 1. The van der Waals surface area contributed by atoms with Gasteiger partial charge in [-0.25, -0.2) is 4.39 Å². The van der Waals surface area contributed by atoms with Crippen molar-refractivity contribution in [1.29, 1.82) is 0 Å². The maximum Gasteiger partial charge on any atom is 0.200 e. The molecule has 0 saturated heterocycles. The van der Waals surface area contributed by atoms with Gasteiger partial charge >= 0.3 is 0 Å². The van der Waals surface area contributed by atoms with Crippen molar-refractivity contribution in [2.24, 2.45) is 0 Å². The van der Waals surface area contributed by atoms with Crippen LogP contribution in [-0.2, 0) is 0 Å². The van der Waals surface area contributed by atoms with E-state index in [-0.39, 0.29) is 21.9 Å². The van der Waals surface area contributed by atoms with E-state index in [0.29, 0.717) is 4.47 Å². The van der Waals surface area contributed by atoms with Gasteiger partial charge in [0.2, 0.25) is 5.82 Å². The number of hydrogen-bond acceptors (Lipinski definition) is 2. The summed E-state index contributed by atoms with van der Waals surface area (Å²) in [6.45, 7) is 0. The van der Waals surface area contributed by atoms with E-state index in [0.717, 1.165) is 0 Å². The van der Waals surface area contributed by atoms with E-state index < -0.39 is 17.7 Å². The Hall–Kier alpha value is -1.17. The zero-order valence-electron chi connectivity index (χ0n) is 10.3. The van der Waals surface area contributed by atoms with Gasteiger partial charge in [0.1, 0.15) is 6.10 Å². The van der Waals surface area contributed by atoms with Gasteiger partial charge in [0, 0.05) is 20.6 Å². The van der Waals surface area contributed by atoms with Gasteiger partial charge in [0.05, 0.1) is 7.11 Å². The fourth-order valence-electron chi connectivity index (χ4n) is 1.81. The van der Waals surface area contributed by atoms with E-state index in [9.17, 15) is 13.9 Å². The zero-order valence-corrected chi connectivity index (χ0v) is 12.7. The van der Waals surface area contributed by atoms with Crippen molar-refractivity contribution in [3.8, 4) is 5.75 Å². The zero-order chi connectivity index (χ0) is 14.9. The molecule has 2 aromatic rings. The molecule has 0 fully saturated rings. The fraction of sp³-hybridized carbons (Fsp3) is 0.143. The molecule has 0 radical (unpaired) electrons. The normalized spacial score (nSPS) is 12.3. The highest BCUT2D eigenvalue weighted by Crippen LogP contribution is 2.34. The second-order valence-electron chi connectivity index (χ2n) is 4.05. The van der Waals surface area contributed by atoms with Crippen molar-refractivity contribution in [2.75, 3.05) is 7.11 Å². The quantitative estimate of drug-likeness (QED) is 0.872. The molecule has 0 heterocycles. The molecule has 20 heavy (non-hydrogen) atoms. The average Bonchev–Trinajstić information content (AvgIpc) is 2.44. The molecule has 0 bridgehead atoms. The Morgan fingerprint density at radius 1 is 1.15 bits per heavy atom. The monoisotopic (exact) mass is 362 g/mol. The topological polar surface area (TPSA) is 29.5 Å². The van der Waals surface area contributed by atoms with Gasteiger partial charge in [-0.15, -0.1) is 0 Å². The minimum atomic E-state index is -1.37. The smallest absolute Gasteiger partial charge is 0.200 e. The van der Waals surface area contributed by atoms with Crippen LogP contribution in [0.15, 0.2) is 34.8 Å². The van der Waals surface area contributed by atoms with Gasteiger partial charge in [-0.05, 0) is 30.3 Å². The van der Waals surface area contributed by atoms with Crippen LogP contribution in [-0.4, -0.2) is 12.2 Å². The molecule has 6 heteroatoms. The molecule has 2 rings (SSSR count). The predicted octanol–water partition coefficient (Wildman–Crippen LogP) is 4.47. The number of aliphatic hydroxyl groups excluding tert-OH is 1. The average molecular weight is 364 g/mol. The van der Waals surface area contributed by atoms with E-state index in [1.165, 1.54) is 19.2 Å². The number of aliphatic hydroxyl groups is 1. The Balaban J connectivity index is 2.51. The largest absolute Gasteiger partial charge is 0.494 e. The van der Waals surface area contributed by atoms with Gasteiger partial charge in [0.15, 0.2) is 11.6 Å². The van der Waals surface area contributed by atoms with Gasteiger partial charge in [-0.3, -0.25) is 0 Å². The lowest BCUT2D eigenvalue weighted by Crippen LogP contribution is -2.06. The van der Waals surface area contributed by atoms with Crippen molar-refractivity contribution in [1.82, 2.24) is 0 Å². The highest BCUT2D eigenvalue weighted by atomic mass is 79.9. The molecule has 0 aliphatic rings. The van der Waals surface area contributed by atoms with E-state index in [2.05, 4.69) is 20.7 Å². The number of ether oxygens (including phenoxy) is 1. The van der Waals surface area contributed by atoms with Gasteiger partial charge in [-0.2, -0.15) is 4.39 Å². The van der Waals surface area contributed by atoms with E-state index >= 15 is 0 Å². The Morgan fingerprint density at radius 2 is 1.85 bits per heavy atom. The van der Waals surface area contributed by atoms with Crippen molar-refractivity contribution >= 4 is 27.5 Å². The molecule has 0 aliphatic heterocycles. The molecule has 1 N–H and O–H groups in total. The van der Waals surface area contributed by atoms with Gasteiger partial charge in [-0.1, -0.05) is 27.5 Å². The summed E-state index contributed by atoms with van der Waals surface area (Å²) >= 11 is 9.21. The molecule has 0 amide bonds. The van der Waals surface area contributed by atoms with Crippen molar-refractivity contribution in [2.45, 2.75) is 6.10 Å². The second-order valence-corrected chi connectivity index (χ2v) is 5.38. The van der Waals surface area contributed by atoms with Crippen molar-refractivity contribution < 1.29 is 18.6 Å². The third-order valence-corrected chi connectivity index (χ3v) is 3.68.